The molecule has 0 aliphatic carbocycles. The van der Waals surface area contributed by atoms with Gasteiger partial charge < -0.3 is 0 Å². The van der Waals surface area contributed by atoms with Crippen molar-refractivity contribution < 1.29 is 44.2 Å². The first-order valence-electron chi connectivity index (χ1n) is 1.58. The first-order valence-corrected chi connectivity index (χ1v) is 5.47. The molecule has 0 heterocycles. The summed E-state index contributed by atoms with van der Waals surface area (Å²) in [4.78, 5) is 0. The zero-order valence-electron chi connectivity index (χ0n) is 4.38. The van der Waals surface area contributed by atoms with Crippen molar-refractivity contribution in [3.8, 4) is 0 Å². The summed E-state index contributed by atoms with van der Waals surface area (Å²) in [6.07, 6.45) is 0.715. The van der Waals surface area contributed by atoms with Crippen LogP contribution in [0.25, 0.3) is 0 Å². The molecule has 1 N–H and O–H groups in total. The van der Waals surface area contributed by atoms with Gasteiger partial charge in [0.15, 0.2) is 0 Å². The first kappa shape index (κ1) is 12.3. The molecule has 0 aliphatic heterocycles. The molecule has 0 aliphatic rings. The van der Waals surface area contributed by atoms with Crippen LogP contribution in [0.4, 0.5) is 7.99 Å². The number of hydrogen-bond acceptors (Lipinski definition) is 2. The molecule has 0 rings (SSSR count). The molecular formula is CH4F3O3SSc. The molecule has 0 aromatic carbocycles. The molecular weight excluding hydrogens is 194 g/mol. The van der Waals surface area contributed by atoms with Gasteiger partial charge in [-0.2, -0.15) is 8.42 Å². The van der Waals surface area contributed by atoms with Gasteiger partial charge in [0.05, 0.1) is 6.26 Å². The number of hydrogen-bond donors (Lipinski definition) is 1. The Balaban J connectivity index is 0. The van der Waals surface area contributed by atoms with Crippen LogP contribution in [-0.4, -0.2) is 19.2 Å². The van der Waals surface area contributed by atoms with Crippen molar-refractivity contribution in [3.05, 3.63) is 0 Å². The maximum absolute atomic E-state index is 9.85. The summed E-state index contributed by atoms with van der Waals surface area (Å²) < 4.78 is 55.4. The standard InChI is InChI=1S/CH4O3S.3FH.Sc/c1-5(2,3)4;;;;/h1H3,(H,2,3,4);3*1H;/q;;;;+3/p-3. The van der Waals surface area contributed by atoms with Crippen molar-refractivity contribution in [2.75, 3.05) is 6.26 Å². The fourth-order valence-electron chi connectivity index (χ4n) is 0. The molecule has 0 saturated heterocycles. The molecule has 0 amide bonds. The second-order valence-corrected chi connectivity index (χ2v) is 3.22. The van der Waals surface area contributed by atoms with Gasteiger partial charge in [0.1, 0.15) is 0 Å². The van der Waals surface area contributed by atoms with Gasteiger partial charge in [-0.1, -0.05) is 0 Å². The number of halogens is 3. The van der Waals surface area contributed by atoms with E-state index < -0.39 is 33.4 Å². The van der Waals surface area contributed by atoms with Crippen LogP contribution >= 0.6 is 0 Å². The van der Waals surface area contributed by atoms with E-state index in [1.165, 1.54) is 0 Å². The Labute approximate surface area is 60.7 Å². The molecule has 0 spiro atoms. The Bertz CT molecular complexity index is 130. The summed E-state index contributed by atoms with van der Waals surface area (Å²) in [5.41, 5.74) is 0. The van der Waals surface area contributed by atoms with Gasteiger partial charge in [-0.05, 0) is 0 Å². The van der Waals surface area contributed by atoms with Crippen molar-refractivity contribution >= 4 is 10.1 Å². The van der Waals surface area contributed by atoms with Crippen LogP contribution in [0.2, 0.25) is 0 Å². The molecule has 0 fully saturated rings. The molecule has 0 radical (unpaired) electrons. The van der Waals surface area contributed by atoms with Crippen molar-refractivity contribution in [3.63, 3.8) is 0 Å². The quantitative estimate of drug-likeness (QED) is 0.584. The molecule has 0 aromatic heterocycles. The van der Waals surface area contributed by atoms with Crippen molar-refractivity contribution in [2.24, 2.45) is 0 Å². The van der Waals surface area contributed by atoms with Gasteiger partial charge in [-0.3, -0.25) is 4.55 Å². The van der Waals surface area contributed by atoms with E-state index in [0.29, 0.717) is 6.26 Å². The van der Waals surface area contributed by atoms with E-state index in [4.69, 9.17) is 4.55 Å². The fraction of sp³-hybridized carbons (Fsp3) is 1.00. The van der Waals surface area contributed by atoms with E-state index in [0.717, 1.165) is 0 Å². The molecule has 56 valence electrons. The Kier molecular flexibility index (Phi) is 7.31. The van der Waals surface area contributed by atoms with Gasteiger partial charge in [0.2, 0.25) is 0 Å². The minimum absolute atomic E-state index is 0.715. The Hall–Kier alpha value is 0.570. The summed E-state index contributed by atoms with van der Waals surface area (Å²) >= 11 is -4.98. The van der Waals surface area contributed by atoms with Crippen molar-refractivity contribution in [1.82, 2.24) is 0 Å². The Morgan fingerprint density at radius 2 is 1.33 bits per heavy atom. The van der Waals surface area contributed by atoms with Crippen LogP contribution in [0, 0.1) is 0 Å². The molecule has 3 nitrogen and oxygen atoms in total. The van der Waals surface area contributed by atoms with E-state index in [-0.39, 0.29) is 0 Å². The summed E-state index contributed by atoms with van der Waals surface area (Å²) in [6, 6.07) is 0. The predicted octanol–water partition coefficient (Wildman–Crippen LogP) is 0.762. The second-order valence-electron chi connectivity index (χ2n) is 0.980. The third-order valence-electron chi connectivity index (χ3n) is 0. The maximum atomic E-state index is 9.85. The average Bonchev–Trinajstić information content (AvgIpc) is 1.19. The summed E-state index contributed by atoms with van der Waals surface area (Å²) in [6.45, 7) is 0. The molecule has 9 heavy (non-hydrogen) atoms. The molecule has 0 saturated carbocycles. The number of rotatable bonds is 0. The topological polar surface area (TPSA) is 54.4 Å². The summed E-state index contributed by atoms with van der Waals surface area (Å²) in [7, 11) is -3.67. The zero-order valence-corrected chi connectivity index (χ0v) is 7.00. The van der Waals surface area contributed by atoms with Gasteiger partial charge >= 0.3 is 31.2 Å². The van der Waals surface area contributed by atoms with Crippen LogP contribution in [0.15, 0.2) is 0 Å². The first-order chi connectivity index (χ1) is 3.73. The summed E-state index contributed by atoms with van der Waals surface area (Å²) in [5.74, 6) is 0. The minimum atomic E-state index is -4.98. The normalized spacial score (nSPS) is 9.44. The third-order valence-corrected chi connectivity index (χ3v) is 0. The van der Waals surface area contributed by atoms with Gasteiger partial charge in [-0.15, -0.1) is 0 Å². The van der Waals surface area contributed by atoms with E-state index in [2.05, 4.69) is 0 Å². The van der Waals surface area contributed by atoms with Crippen LogP contribution in [0.5, 0.6) is 0 Å². The predicted molar refractivity (Wildman–Crippen MR) is 20.8 cm³/mol. The fourth-order valence-corrected chi connectivity index (χ4v) is 0. The zero-order chi connectivity index (χ0) is 8.08. The molecule has 0 atom stereocenters. The van der Waals surface area contributed by atoms with Crippen LogP contribution in [-0.2, 0) is 33.4 Å². The second kappa shape index (κ2) is 5.36. The van der Waals surface area contributed by atoms with Gasteiger partial charge in [-0.25, -0.2) is 0 Å². The molecule has 0 unspecified atom stereocenters. The van der Waals surface area contributed by atoms with Crippen LogP contribution in [0.1, 0.15) is 0 Å². The third kappa shape index (κ3) is 1140. The molecule has 8 heteroatoms. The molecule has 0 bridgehead atoms. The van der Waals surface area contributed by atoms with Crippen LogP contribution in [0.3, 0.4) is 0 Å². The summed E-state index contributed by atoms with van der Waals surface area (Å²) in [5, 5.41) is 0. The van der Waals surface area contributed by atoms with E-state index in [1.807, 2.05) is 0 Å². The van der Waals surface area contributed by atoms with Gasteiger partial charge in [0, 0.05) is 0 Å². The van der Waals surface area contributed by atoms with Crippen LogP contribution < -0.4 is 0 Å². The SMILES string of the molecule is CS(=O)(=O)O.[F][Sc]([F])[F]. The van der Waals surface area contributed by atoms with E-state index in [1.54, 1.807) is 0 Å². The van der Waals surface area contributed by atoms with Crippen molar-refractivity contribution in [2.45, 2.75) is 0 Å². The van der Waals surface area contributed by atoms with Crippen molar-refractivity contribution in [1.29, 1.82) is 0 Å². The Morgan fingerprint density at radius 1 is 1.33 bits per heavy atom. The van der Waals surface area contributed by atoms with E-state index in [9.17, 15) is 16.4 Å². The monoisotopic (exact) mass is 198 g/mol. The molecule has 0 aromatic rings. The Morgan fingerprint density at radius 3 is 1.33 bits per heavy atom. The van der Waals surface area contributed by atoms with Gasteiger partial charge in [0.25, 0.3) is 10.1 Å². The average molecular weight is 198 g/mol. The van der Waals surface area contributed by atoms with E-state index >= 15 is 0 Å².